The lowest BCUT2D eigenvalue weighted by molar-refractivity contribution is 0.0608. The Morgan fingerprint density at radius 1 is 1.14 bits per heavy atom. The van der Waals surface area contributed by atoms with Crippen molar-refractivity contribution in [1.82, 2.24) is 9.80 Å². The minimum absolute atomic E-state index is 0.193. The smallest absolute Gasteiger partial charge is 0.253 e. The molecule has 1 aromatic carbocycles. The fourth-order valence-corrected chi connectivity index (χ4v) is 4.05. The highest BCUT2D eigenvalue weighted by Crippen LogP contribution is 2.27. The molecule has 0 aromatic heterocycles. The fourth-order valence-electron chi connectivity index (χ4n) is 4.05. The SMILES string of the molecule is O=C(c1ccc2c(c1)CCO2)N1CCCC(N2CCCC2)C1. The number of amides is 1. The average molecular weight is 300 g/mol. The first kappa shape index (κ1) is 14.1. The normalized spacial score (nSPS) is 25.1. The number of piperidine rings is 1. The number of fused-ring (bicyclic) bond motifs is 1. The number of ether oxygens (including phenoxy) is 1. The van der Waals surface area contributed by atoms with Crippen molar-refractivity contribution in [3.8, 4) is 5.75 Å². The van der Waals surface area contributed by atoms with E-state index >= 15 is 0 Å². The second-order valence-electron chi connectivity index (χ2n) is 6.71. The maximum Gasteiger partial charge on any atom is 0.253 e. The maximum absolute atomic E-state index is 12.8. The Labute approximate surface area is 132 Å². The molecule has 118 valence electrons. The van der Waals surface area contributed by atoms with Gasteiger partial charge in [0, 0.05) is 31.1 Å². The van der Waals surface area contributed by atoms with Gasteiger partial charge < -0.3 is 9.64 Å². The molecule has 0 spiro atoms. The Bertz CT molecular complexity index is 566. The molecule has 3 heterocycles. The third-order valence-electron chi connectivity index (χ3n) is 5.28. The van der Waals surface area contributed by atoms with Crippen molar-refractivity contribution >= 4 is 5.91 Å². The van der Waals surface area contributed by atoms with Gasteiger partial charge in [-0.25, -0.2) is 0 Å². The molecule has 3 aliphatic rings. The molecular weight excluding hydrogens is 276 g/mol. The zero-order valence-electron chi connectivity index (χ0n) is 13.1. The van der Waals surface area contributed by atoms with Crippen molar-refractivity contribution < 1.29 is 9.53 Å². The molecule has 0 N–H and O–H groups in total. The summed E-state index contributed by atoms with van der Waals surface area (Å²) < 4.78 is 5.53. The van der Waals surface area contributed by atoms with E-state index in [0.717, 1.165) is 43.9 Å². The molecule has 1 aromatic rings. The summed E-state index contributed by atoms with van der Waals surface area (Å²) in [5.41, 5.74) is 2.00. The van der Waals surface area contributed by atoms with Crippen molar-refractivity contribution in [3.05, 3.63) is 29.3 Å². The van der Waals surface area contributed by atoms with Crippen LogP contribution >= 0.6 is 0 Å². The first-order chi connectivity index (χ1) is 10.8. The highest BCUT2D eigenvalue weighted by molar-refractivity contribution is 5.94. The molecule has 4 heteroatoms. The Balaban J connectivity index is 1.47. The van der Waals surface area contributed by atoms with E-state index < -0.39 is 0 Å². The second kappa shape index (κ2) is 5.92. The van der Waals surface area contributed by atoms with Crippen LogP contribution in [0, 0.1) is 0 Å². The Morgan fingerprint density at radius 2 is 2.00 bits per heavy atom. The third-order valence-corrected chi connectivity index (χ3v) is 5.28. The first-order valence-electron chi connectivity index (χ1n) is 8.60. The number of likely N-dealkylation sites (tertiary alicyclic amines) is 2. The topological polar surface area (TPSA) is 32.8 Å². The van der Waals surface area contributed by atoms with Gasteiger partial charge in [0.25, 0.3) is 5.91 Å². The summed E-state index contributed by atoms with van der Waals surface area (Å²) in [7, 11) is 0. The molecule has 0 aliphatic carbocycles. The third kappa shape index (κ3) is 2.60. The van der Waals surface area contributed by atoms with Crippen LogP contribution in [0.1, 0.15) is 41.6 Å². The molecule has 4 nitrogen and oxygen atoms in total. The van der Waals surface area contributed by atoms with Gasteiger partial charge in [0.1, 0.15) is 5.75 Å². The predicted molar refractivity (Wildman–Crippen MR) is 85.4 cm³/mol. The van der Waals surface area contributed by atoms with Crippen molar-refractivity contribution in [2.24, 2.45) is 0 Å². The fraction of sp³-hybridized carbons (Fsp3) is 0.611. The summed E-state index contributed by atoms with van der Waals surface area (Å²) in [4.78, 5) is 17.5. The van der Waals surface area contributed by atoms with Gasteiger partial charge in [-0.05, 0) is 62.5 Å². The van der Waals surface area contributed by atoms with Crippen LogP contribution in [0.2, 0.25) is 0 Å². The van der Waals surface area contributed by atoms with Crippen LogP contribution < -0.4 is 4.74 Å². The van der Waals surface area contributed by atoms with Gasteiger partial charge in [-0.1, -0.05) is 0 Å². The quantitative estimate of drug-likeness (QED) is 0.840. The molecule has 3 aliphatic heterocycles. The van der Waals surface area contributed by atoms with E-state index in [9.17, 15) is 4.79 Å². The molecule has 2 fully saturated rings. The Kier molecular flexibility index (Phi) is 3.78. The van der Waals surface area contributed by atoms with Gasteiger partial charge in [-0.15, -0.1) is 0 Å². The van der Waals surface area contributed by atoms with Crippen molar-refractivity contribution in [1.29, 1.82) is 0 Å². The molecule has 1 atom stereocenters. The van der Waals surface area contributed by atoms with Crippen LogP contribution in [0.4, 0.5) is 0 Å². The van der Waals surface area contributed by atoms with E-state index in [-0.39, 0.29) is 5.91 Å². The van der Waals surface area contributed by atoms with Crippen molar-refractivity contribution in [2.45, 2.75) is 38.1 Å². The lowest BCUT2D eigenvalue weighted by Gasteiger charge is -2.37. The Morgan fingerprint density at radius 3 is 2.86 bits per heavy atom. The molecule has 0 saturated carbocycles. The van der Waals surface area contributed by atoms with E-state index in [0.29, 0.717) is 6.04 Å². The summed E-state index contributed by atoms with van der Waals surface area (Å²) in [6.45, 7) is 4.96. The summed E-state index contributed by atoms with van der Waals surface area (Å²) in [6.07, 6.45) is 5.92. The highest BCUT2D eigenvalue weighted by atomic mass is 16.5. The number of carbonyl (C=O) groups is 1. The van der Waals surface area contributed by atoms with Crippen molar-refractivity contribution in [2.75, 3.05) is 32.8 Å². The molecule has 2 saturated heterocycles. The summed E-state index contributed by atoms with van der Waals surface area (Å²) >= 11 is 0. The van der Waals surface area contributed by atoms with Gasteiger partial charge in [0.2, 0.25) is 0 Å². The molecule has 1 amide bonds. The summed E-state index contributed by atoms with van der Waals surface area (Å²) in [5.74, 6) is 1.14. The zero-order chi connectivity index (χ0) is 14.9. The van der Waals surface area contributed by atoms with Crippen LogP contribution in [0.3, 0.4) is 0 Å². The largest absolute Gasteiger partial charge is 0.493 e. The maximum atomic E-state index is 12.8. The van der Waals surface area contributed by atoms with Crippen LogP contribution in [0.15, 0.2) is 18.2 Å². The zero-order valence-corrected chi connectivity index (χ0v) is 13.1. The van der Waals surface area contributed by atoms with Crippen LogP contribution in [-0.2, 0) is 6.42 Å². The standard InChI is InChI=1S/C18H24N2O2/c21-18(15-5-6-17-14(12-15)7-11-22-17)20-10-3-4-16(13-20)19-8-1-2-9-19/h5-6,12,16H,1-4,7-11,13H2. The second-order valence-corrected chi connectivity index (χ2v) is 6.71. The van der Waals surface area contributed by atoms with Gasteiger partial charge in [0.05, 0.1) is 6.61 Å². The van der Waals surface area contributed by atoms with Crippen molar-refractivity contribution in [3.63, 3.8) is 0 Å². The minimum Gasteiger partial charge on any atom is -0.493 e. The highest BCUT2D eigenvalue weighted by Gasteiger charge is 2.30. The first-order valence-corrected chi connectivity index (χ1v) is 8.60. The number of hydrogen-bond donors (Lipinski definition) is 0. The summed E-state index contributed by atoms with van der Waals surface area (Å²) in [5, 5.41) is 0. The molecule has 4 rings (SSSR count). The average Bonchev–Trinajstić information content (AvgIpc) is 3.25. The van der Waals surface area contributed by atoms with Crippen LogP contribution in [0.5, 0.6) is 5.75 Å². The van der Waals surface area contributed by atoms with E-state index in [1.54, 1.807) is 0 Å². The molecule has 0 bridgehead atoms. The number of rotatable bonds is 2. The molecule has 22 heavy (non-hydrogen) atoms. The molecular formula is C18H24N2O2. The number of benzene rings is 1. The monoisotopic (exact) mass is 300 g/mol. The van der Waals surface area contributed by atoms with Gasteiger partial charge in [-0.3, -0.25) is 9.69 Å². The van der Waals surface area contributed by atoms with Crippen LogP contribution in [-0.4, -0.2) is 54.5 Å². The minimum atomic E-state index is 0.193. The number of carbonyl (C=O) groups excluding carboxylic acids is 1. The predicted octanol–water partition coefficient (Wildman–Crippen LogP) is 2.32. The number of nitrogens with zero attached hydrogens (tertiary/aromatic N) is 2. The lowest BCUT2D eigenvalue weighted by atomic mass is 10.0. The Hall–Kier alpha value is -1.55. The molecule has 0 radical (unpaired) electrons. The van der Waals surface area contributed by atoms with E-state index in [1.807, 2.05) is 18.2 Å². The van der Waals surface area contributed by atoms with Crippen LogP contribution in [0.25, 0.3) is 0 Å². The van der Waals surface area contributed by atoms with E-state index in [4.69, 9.17) is 4.74 Å². The number of hydrogen-bond acceptors (Lipinski definition) is 3. The van der Waals surface area contributed by atoms with Gasteiger partial charge in [0.15, 0.2) is 0 Å². The molecule has 1 unspecified atom stereocenters. The lowest BCUT2D eigenvalue weighted by Crippen LogP contribution is -2.49. The van der Waals surface area contributed by atoms with Gasteiger partial charge in [-0.2, -0.15) is 0 Å². The van der Waals surface area contributed by atoms with E-state index in [2.05, 4.69) is 9.80 Å². The summed E-state index contributed by atoms with van der Waals surface area (Å²) in [6, 6.07) is 6.48. The van der Waals surface area contributed by atoms with E-state index in [1.165, 1.54) is 37.9 Å². The van der Waals surface area contributed by atoms with Gasteiger partial charge >= 0.3 is 0 Å².